The Hall–Kier alpha value is -3.97. The molecule has 5 rings (SSSR count). The largest absolute Gasteiger partial charge is 0.507 e. The average molecular weight is 448 g/mol. The number of aliphatic hydroxyl groups excluding tert-OH is 1. The van der Waals surface area contributed by atoms with Gasteiger partial charge < -0.3 is 10.1 Å². The highest BCUT2D eigenvalue weighted by molar-refractivity contribution is 6.51. The van der Waals surface area contributed by atoms with Crippen LogP contribution in [0.2, 0.25) is 5.02 Å². The number of hydrogen-bond donors (Lipinski definition) is 2. The van der Waals surface area contributed by atoms with E-state index in [2.05, 4.69) is 9.97 Å². The van der Waals surface area contributed by atoms with Crippen molar-refractivity contribution >= 4 is 46.0 Å². The molecule has 32 heavy (non-hydrogen) atoms. The van der Waals surface area contributed by atoms with E-state index >= 15 is 0 Å². The van der Waals surface area contributed by atoms with E-state index in [-0.39, 0.29) is 22.8 Å². The zero-order valence-electron chi connectivity index (χ0n) is 16.4. The number of aromatic nitrogens is 2. The number of nitrogens with one attached hydrogen (secondary N) is 1. The first-order valence-electron chi connectivity index (χ1n) is 9.71. The van der Waals surface area contributed by atoms with Gasteiger partial charge in [-0.1, -0.05) is 48.0 Å². The molecule has 4 aromatic rings. The predicted octanol–water partition coefficient (Wildman–Crippen LogP) is 4.98. The van der Waals surface area contributed by atoms with Gasteiger partial charge in [0.05, 0.1) is 22.6 Å². The van der Waals surface area contributed by atoms with E-state index in [0.717, 1.165) is 0 Å². The highest BCUT2D eigenvalue weighted by atomic mass is 35.5. The van der Waals surface area contributed by atoms with Crippen molar-refractivity contribution in [2.45, 2.75) is 6.04 Å². The summed E-state index contributed by atoms with van der Waals surface area (Å²) in [7, 11) is 0. The molecule has 1 aromatic heterocycles. The van der Waals surface area contributed by atoms with E-state index in [0.29, 0.717) is 21.6 Å². The number of carbonyl (C=O) groups is 2. The first-order chi connectivity index (χ1) is 15.4. The van der Waals surface area contributed by atoms with Crippen LogP contribution in [0.5, 0.6) is 0 Å². The summed E-state index contributed by atoms with van der Waals surface area (Å²) in [6.45, 7) is 0. The fraction of sp³-hybridized carbons (Fsp3) is 0.0417. The molecule has 1 amide bonds. The number of rotatable bonds is 3. The lowest BCUT2D eigenvalue weighted by molar-refractivity contribution is -0.132. The molecule has 0 spiro atoms. The summed E-state index contributed by atoms with van der Waals surface area (Å²) in [5.41, 5.74) is 1.88. The summed E-state index contributed by atoms with van der Waals surface area (Å²) >= 11 is 6.05. The van der Waals surface area contributed by atoms with Gasteiger partial charge >= 0.3 is 5.91 Å². The maximum absolute atomic E-state index is 13.6. The first-order valence-corrected chi connectivity index (χ1v) is 10.1. The van der Waals surface area contributed by atoms with E-state index in [1.807, 2.05) is 6.07 Å². The second-order valence-electron chi connectivity index (χ2n) is 7.31. The minimum Gasteiger partial charge on any atom is -0.507 e. The zero-order valence-corrected chi connectivity index (χ0v) is 17.2. The lowest BCUT2D eigenvalue weighted by Gasteiger charge is -2.23. The number of halogens is 2. The fourth-order valence-electron chi connectivity index (χ4n) is 3.86. The second-order valence-corrected chi connectivity index (χ2v) is 7.74. The third-order valence-corrected chi connectivity index (χ3v) is 5.57. The first kappa shape index (κ1) is 20.0. The van der Waals surface area contributed by atoms with Crippen LogP contribution in [0, 0.1) is 5.82 Å². The molecule has 1 aliphatic heterocycles. The number of carbonyl (C=O) groups excluding carboxylic acids is 2. The van der Waals surface area contributed by atoms with E-state index in [1.165, 1.54) is 35.2 Å². The number of aliphatic hydroxyl groups is 1. The Kier molecular flexibility index (Phi) is 4.75. The SMILES string of the molecule is O=C1C(=O)N(c2nc3ccccc3[nH]2)C(c2ccc(F)cc2)/C1=C(\O)c1cccc(Cl)c1. The van der Waals surface area contributed by atoms with Gasteiger partial charge in [0.2, 0.25) is 5.95 Å². The van der Waals surface area contributed by atoms with Crippen LogP contribution >= 0.6 is 11.6 Å². The van der Waals surface area contributed by atoms with Crippen molar-refractivity contribution in [1.82, 2.24) is 9.97 Å². The minimum absolute atomic E-state index is 0.135. The number of imidazole rings is 1. The van der Waals surface area contributed by atoms with Crippen molar-refractivity contribution in [1.29, 1.82) is 0 Å². The number of nitrogens with zero attached hydrogens (tertiary/aromatic N) is 2. The van der Waals surface area contributed by atoms with Crippen molar-refractivity contribution in [2.24, 2.45) is 0 Å². The number of H-pyrrole nitrogens is 1. The molecule has 2 N–H and O–H groups in total. The second kappa shape index (κ2) is 7.62. The van der Waals surface area contributed by atoms with Crippen molar-refractivity contribution in [3.63, 3.8) is 0 Å². The van der Waals surface area contributed by atoms with Crippen LogP contribution in [0.25, 0.3) is 16.8 Å². The van der Waals surface area contributed by atoms with Crippen LogP contribution in [-0.4, -0.2) is 26.8 Å². The molecule has 0 bridgehead atoms. The number of aromatic amines is 1. The molecule has 2 heterocycles. The summed E-state index contributed by atoms with van der Waals surface area (Å²) in [4.78, 5) is 34.9. The van der Waals surface area contributed by atoms with E-state index in [1.54, 1.807) is 36.4 Å². The van der Waals surface area contributed by atoms with Crippen LogP contribution in [0.3, 0.4) is 0 Å². The van der Waals surface area contributed by atoms with Gasteiger partial charge in [-0.15, -0.1) is 0 Å². The van der Waals surface area contributed by atoms with Gasteiger partial charge in [0.1, 0.15) is 11.6 Å². The molecule has 1 aliphatic rings. The lowest BCUT2D eigenvalue weighted by atomic mass is 9.95. The van der Waals surface area contributed by atoms with Gasteiger partial charge in [0.15, 0.2) is 0 Å². The number of ketones is 1. The Morgan fingerprint density at radius 1 is 1.03 bits per heavy atom. The molecular weight excluding hydrogens is 433 g/mol. The van der Waals surface area contributed by atoms with E-state index in [9.17, 15) is 19.1 Å². The standard InChI is InChI=1S/C24H15ClFN3O3/c25-15-5-3-4-14(12-15)21(30)19-20(13-8-10-16(26)11-9-13)29(23(32)22(19)31)24-27-17-6-1-2-7-18(17)28-24/h1-12,20,30H,(H,27,28)/b21-19+. The number of para-hydroxylation sites is 2. The van der Waals surface area contributed by atoms with Gasteiger partial charge in [-0.2, -0.15) is 0 Å². The van der Waals surface area contributed by atoms with Crippen LogP contribution in [-0.2, 0) is 9.59 Å². The molecule has 1 saturated heterocycles. The number of Topliss-reactive ketones (excluding diaryl/α,β-unsaturated/α-hetero) is 1. The summed E-state index contributed by atoms with van der Waals surface area (Å²) in [6, 6.07) is 17.9. The third-order valence-electron chi connectivity index (χ3n) is 5.33. The molecular formula is C24H15ClFN3O3. The Balaban J connectivity index is 1.74. The van der Waals surface area contributed by atoms with Crippen molar-refractivity contribution in [3.8, 4) is 0 Å². The third kappa shape index (κ3) is 3.23. The Morgan fingerprint density at radius 3 is 2.50 bits per heavy atom. The molecule has 1 fully saturated rings. The maximum atomic E-state index is 13.6. The van der Waals surface area contributed by atoms with Crippen LogP contribution in [0.4, 0.5) is 10.3 Å². The molecule has 0 saturated carbocycles. The fourth-order valence-corrected chi connectivity index (χ4v) is 4.05. The monoisotopic (exact) mass is 447 g/mol. The zero-order chi connectivity index (χ0) is 22.4. The molecule has 6 nitrogen and oxygen atoms in total. The quantitative estimate of drug-likeness (QED) is 0.263. The minimum atomic E-state index is -1.02. The van der Waals surface area contributed by atoms with Gasteiger partial charge in [-0.3, -0.25) is 14.5 Å². The van der Waals surface area contributed by atoms with Crippen molar-refractivity contribution in [2.75, 3.05) is 4.90 Å². The van der Waals surface area contributed by atoms with Gasteiger partial charge in [-0.25, -0.2) is 9.37 Å². The molecule has 0 radical (unpaired) electrons. The smallest absolute Gasteiger partial charge is 0.302 e. The number of fused-ring (bicyclic) bond motifs is 1. The van der Waals surface area contributed by atoms with E-state index in [4.69, 9.17) is 11.6 Å². The Morgan fingerprint density at radius 2 is 1.78 bits per heavy atom. The Labute approximate surface area is 186 Å². The molecule has 1 atom stereocenters. The number of hydrogen-bond acceptors (Lipinski definition) is 4. The van der Waals surface area contributed by atoms with Gasteiger partial charge in [0, 0.05) is 10.6 Å². The normalized spacial score (nSPS) is 17.9. The lowest BCUT2D eigenvalue weighted by Crippen LogP contribution is -2.30. The Bertz CT molecular complexity index is 1380. The molecule has 8 heteroatoms. The number of benzene rings is 3. The van der Waals surface area contributed by atoms with E-state index < -0.39 is 23.5 Å². The predicted molar refractivity (Wildman–Crippen MR) is 119 cm³/mol. The van der Waals surface area contributed by atoms with Crippen LogP contribution in [0.1, 0.15) is 17.2 Å². The highest BCUT2D eigenvalue weighted by Gasteiger charge is 2.48. The number of amides is 1. The van der Waals surface area contributed by atoms with Crippen LogP contribution < -0.4 is 4.90 Å². The van der Waals surface area contributed by atoms with Gasteiger partial charge in [0.25, 0.3) is 5.78 Å². The molecule has 0 aliphatic carbocycles. The summed E-state index contributed by atoms with van der Waals surface area (Å²) < 4.78 is 13.6. The van der Waals surface area contributed by atoms with Crippen LogP contribution in [0.15, 0.2) is 78.4 Å². The topological polar surface area (TPSA) is 86.3 Å². The van der Waals surface area contributed by atoms with Crippen molar-refractivity contribution < 1.29 is 19.1 Å². The molecule has 3 aromatic carbocycles. The summed E-state index contributed by atoms with van der Waals surface area (Å²) in [5, 5.41) is 11.4. The molecule has 1 unspecified atom stereocenters. The molecule has 158 valence electrons. The highest BCUT2D eigenvalue weighted by Crippen LogP contribution is 2.41. The summed E-state index contributed by atoms with van der Waals surface area (Å²) in [5.74, 6) is -2.44. The maximum Gasteiger partial charge on any atom is 0.302 e. The van der Waals surface area contributed by atoms with Crippen molar-refractivity contribution in [3.05, 3.63) is 100 Å². The number of anilines is 1. The van der Waals surface area contributed by atoms with Gasteiger partial charge in [-0.05, 0) is 42.0 Å². The summed E-state index contributed by atoms with van der Waals surface area (Å²) in [6.07, 6.45) is 0. The average Bonchev–Trinajstić information content (AvgIpc) is 3.32.